The van der Waals surface area contributed by atoms with Crippen molar-refractivity contribution in [1.82, 2.24) is 20.0 Å². The van der Waals surface area contributed by atoms with E-state index in [0.717, 1.165) is 50.9 Å². The molecule has 3 heterocycles. The molecule has 0 radical (unpaired) electrons. The number of urea groups is 1. The topological polar surface area (TPSA) is 48.1 Å². The Hall–Kier alpha value is -1.63. The molecule has 3 aliphatic rings. The highest BCUT2D eigenvalue weighted by molar-refractivity contribution is 5.74. The van der Waals surface area contributed by atoms with Gasteiger partial charge in [-0.2, -0.15) is 0 Å². The second-order valence-corrected chi connectivity index (χ2v) is 9.48. The minimum Gasteiger partial charge on any atom is -0.375 e. The number of nitrogens with one attached hydrogen (secondary N) is 1. The summed E-state index contributed by atoms with van der Waals surface area (Å²) in [6, 6.07) is 11.4. The number of carbonyl (C=O) groups is 1. The molecule has 6 heteroatoms. The van der Waals surface area contributed by atoms with Gasteiger partial charge in [-0.25, -0.2) is 4.79 Å². The zero-order valence-electron chi connectivity index (χ0n) is 18.7. The molecule has 4 rings (SSSR count). The third-order valence-corrected chi connectivity index (χ3v) is 7.31. The van der Waals surface area contributed by atoms with Crippen molar-refractivity contribution in [3.05, 3.63) is 35.9 Å². The van der Waals surface area contributed by atoms with Gasteiger partial charge in [0.2, 0.25) is 0 Å². The molecule has 166 valence electrons. The van der Waals surface area contributed by atoms with Crippen LogP contribution in [-0.4, -0.2) is 84.3 Å². The lowest BCUT2D eigenvalue weighted by Gasteiger charge is -2.50. The Balaban J connectivity index is 1.25. The first-order valence-corrected chi connectivity index (χ1v) is 11.7. The number of hydrogen-bond acceptors (Lipinski definition) is 4. The van der Waals surface area contributed by atoms with E-state index < -0.39 is 0 Å². The third kappa shape index (κ3) is 5.16. The van der Waals surface area contributed by atoms with E-state index >= 15 is 0 Å². The number of piperidine rings is 1. The third-order valence-electron chi connectivity index (χ3n) is 7.31. The van der Waals surface area contributed by atoms with Gasteiger partial charge in [-0.05, 0) is 45.1 Å². The van der Waals surface area contributed by atoms with Gasteiger partial charge in [0.15, 0.2) is 0 Å². The fraction of sp³-hybridized carbons (Fsp3) is 0.708. The van der Waals surface area contributed by atoms with Gasteiger partial charge in [-0.15, -0.1) is 0 Å². The maximum absolute atomic E-state index is 12.6. The monoisotopic (exact) mass is 414 g/mol. The van der Waals surface area contributed by atoms with Crippen LogP contribution in [0.3, 0.4) is 0 Å². The van der Waals surface area contributed by atoms with Crippen LogP contribution in [0.5, 0.6) is 0 Å². The molecule has 1 unspecified atom stereocenters. The first-order chi connectivity index (χ1) is 14.5. The van der Waals surface area contributed by atoms with Gasteiger partial charge in [0.25, 0.3) is 0 Å². The van der Waals surface area contributed by atoms with Crippen LogP contribution in [0.15, 0.2) is 30.3 Å². The Kier molecular flexibility index (Phi) is 6.96. The Morgan fingerprint density at radius 3 is 2.47 bits per heavy atom. The molecule has 3 fully saturated rings. The molecule has 0 aromatic heterocycles. The lowest BCUT2D eigenvalue weighted by atomic mass is 9.81. The Labute approximate surface area is 181 Å². The average molecular weight is 415 g/mol. The maximum Gasteiger partial charge on any atom is 0.317 e. The van der Waals surface area contributed by atoms with Crippen LogP contribution in [-0.2, 0) is 11.3 Å². The van der Waals surface area contributed by atoms with E-state index in [-0.39, 0.29) is 11.6 Å². The molecule has 3 aliphatic heterocycles. The fourth-order valence-corrected chi connectivity index (χ4v) is 5.28. The molecular formula is C24H38N4O2. The van der Waals surface area contributed by atoms with Crippen molar-refractivity contribution in [3.63, 3.8) is 0 Å². The van der Waals surface area contributed by atoms with Gasteiger partial charge in [0.05, 0.1) is 5.60 Å². The van der Waals surface area contributed by atoms with Crippen molar-refractivity contribution < 1.29 is 9.53 Å². The zero-order valence-corrected chi connectivity index (χ0v) is 18.7. The predicted octanol–water partition coefficient (Wildman–Crippen LogP) is 2.94. The smallest absolute Gasteiger partial charge is 0.317 e. The Morgan fingerprint density at radius 2 is 1.80 bits per heavy atom. The van der Waals surface area contributed by atoms with Crippen LogP contribution >= 0.6 is 0 Å². The number of nitrogens with zero attached hydrogens (tertiary/aromatic N) is 3. The SMILES string of the molecule is CC(C)N1CCN(C2CCOC3(CCN(C(=O)NCc4ccccc4)CC3)C2)CC1. The number of hydrogen-bond donors (Lipinski definition) is 1. The Morgan fingerprint density at radius 1 is 1.10 bits per heavy atom. The lowest BCUT2D eigenvalue weighted by Crippen LogP contribution is -2.58. The van der Waals surface area contributed by atoms with E-state index in [2.05, 4.69) is 29.0 Å². The van der Waals surface area contributed by atoms with E-state index in [1.54, 1.807) is 0 Å². The summed E-state index contributed by atoms with van der Waals surface area (Å²) in [5.41, 5.74) is 1.10. The van der Waals surface area contributed by atoms with E-state index in [1.807, 2.05) is 35.2 Å². The molecular weight excluding hydrogens is 376 g/mol. The largest absolute Gasteiger partial charge is 0.375 e. The molecule has 1 aromatic rings. The summed E-state index contributed by atoms with van der Waals surface area (Å²) in [5, 5.41) is 3.07. The molecule has 2 amide bonds. The summed E-state index contributed by atoms with van der Waals surface area (Å²) < 4.78 is 6.35. The van der Waals surface area contributed by atoms with E-state index in [0.29, 0.717) is 18.6 Å². The van der Waals surface area contributed by atoms with Crippen LogP contribution in [0.2, 0.25) is 0 Å². The molecule has 0 aliphatic carbocycles. The van der Waals surface area contributed by atoms with Crippen molar-refractivity contribution in [2.24, 2.45) is 0 Å². The highest BCUT2D eigenvalue weighted by atomic mass is 16.5. The number of rotatable bonds is 4. The first-order valence-electron chi connectivity index (χ1n) is 11.7. The number of amides is 2. The number of ether oxygens (including phenoxy) is 1. The molecule has 6 nitrogen and oxygen atoms in total. The van der Waals surface area contributed by atoms with Gasteiger partial charge in [-0.3, -0.25) is 9.80 Å². The minimum atomic E-state index is -0.0334. The van der Waals surface area contributed by atoms with Crippen LogP contribution in [0, 0.1) is 0 Å². The standard InChI is InChI=1S/C24H38N4O2/c1-20(2)26-13-15-27(16-14-26)22-8-17-30-24(18-22)9-11-28(12-10-24)23(29)25-19-21-6-4-3-5-7-21/h3-7,20,22H,8-19H2,1-2H3,(H,25,29). The second-order valence-electron chi connectivity index (χ2n) is 9.48. The van der Waals surface area contributed by atoms with Crippen molar-refractivity contribution >= 4 is 6.03 Å². The van der Waals surface area contributed by atoms with Gasteiger partial charge < -0.3 is 15.0 Å². The van der Waals surface area contributed by atoms with Crippen molar-refractivity contribution in [2.75, 3.05) is 45.9 Å². The number of likely N-dealkylation sites (tertiary alicyclic amines) is 1. The van der Waals surface area contributed by atoms with Gasteiger partial charge in [0.1, 0.15) is 0 Å². The van der Waals surface area contributed by atoms with E-state index in [1.165, 1.54) is 26.2 Å². The van der Waals surface area contributed by atoms with Gasteiger partial charge in [0, 0.05) is 64.5 Å². The predicted molar refractivity (Wildman–Crippen MR) is 119 cm³/mol. The molecule has 1 N–H and O–H groups in total. The quantitative estimate of drug-likeness (QED) is 0.823. The summed E-state index contributed by atoms with van der Waals surface area (Å²) in [4.78, 5) is 19.8. The summed E-state index contributed by atoms with van der Waals surface area (Å²) in [7, 11) is 0. The second kappa shape index (κ2) is 9.67. The summed E-state index contributed by atoms with van der Waals surface area (Å²) in [6.07, 6.45) is 4.17. The number of benzene rings is 1. The van der Waals surface area contributed by atoms with Crippen molar-refractivity contribution in [2.45, 2.75) is 63.8 Å². The zero-order chi connectivity index (χ0) is 21.0. The van der Waals surface area contributed by atoms with Crippen LogP contribution in [0.25, 0.3) is 0 Å². The highest BCUT2D eigenvalue weighted by Crippen LogP contribution is 2.37. The molecule has 0 bridgehead atoms. The maximum atomic E-state index is 12.6. The molecule has 1 atom stereocenters. The van der Waals surface area contributed by atoms with Gasteiger partial charge >= 0.3 is 6.03 Å². The fourth-order valence-electron chi connectivity index (χ4n) is 5.28. The van der Waals surface area contributed by atoms with Gasteiger partial charge in [-0.1, -0.05) is 30.3 Å². The normalized spacial score (nSPS) is 25.6. The lowest BCUT2D eigenvalue weighted by molar-refractivity contribution is -0.132. The highest BCUT2D eigenvalue weighted by Gasteiger charge is 2.43. The minimum absolute atomic E-state index is 0.0334. The summed E-state index contributed by atoms with van der Waals surface area (Å²) >= 11 is 0. The van der Waals surface area contributed by atoms with E-state index in [4.69, 9.17) is 4.74 Å². The van der Waals surface area contributed by atoms with Crippen LogP contribution in [0.1, 0.15) is 45.1 Å². The molecule has 1 spiro atoms. The summed E-state index contributed by atoms with van der Waals surface area (Å²) in [5.74, 6) is 0. The molecule has 0 saturated carbocycles. The molecule has 1 aromatic carbocycles. The van der Waals surface area contributed by atoms with Crippen LogP contribution < -0.4 is 5.32 Å². The Bertz CT molecular complexity index is 680. The molecule has 3 saturated heterocycles. The van der Waals surface area contributed by atoms with Crippen LogP contribution in [0.4, 0.5) is 4.79 Å². The number of carbonyl (C=O) groups excluding carboxylic acids is 1. The number of piperazine rings is 1. The summed E-state index contributed by atoms with van der Waals surface area (Å²) in [6.45, 7) is 12.3. The van der Waals surface area contributed by atoms with Crippen molar-refractivity contribution in [1.29, 1.82) is 0 Å². The average Bonchev–Trinajstić information content (AvgIpc) is 2.79. The van der Waals surface area contributed by atoms with Crippen molar-refractivity contribution in [3.8, 4) is 0 Å². The molecule has 30 heavy (non-hydrogen) atoms. The van der Waals surface area contributed by atoms with E-state index in [9.17, 15) is 4.79 Å². The first kappa shape index (κ1) is 21.6.